The van der Waals surface area contributed by atoms with Crippen molar-refractivity contribution in [1.29, 1.82) is 0 Å². The molecule has 0 saturated carbocycles. The molecule has 1 fully saturated rings. The summed E-state index contributed by atoms with van der Waals surface area (Å²) in [6.45, 7) is 3.23. The zero-order chi connectivity index (χ0) is 15.7. The fourth-order valence-electron chi connectivity index (χ4n) is 2.64. The molecule has 0 bridgehead atoms. The van der Waals surface area contributed by atoms with E-state index in [1.54, 1.807) is 20.9 Å². The maximum atomic E-state index is 12.4. The molecule has 0 aliphatic carbocycles. The Morgan fingerprint density at radius 2 is 2.32 bits per heavy atom. The number of likely N-dealkylation sites (tertiary alicyclic amines) is 1. The lowest BCUT2D eigenvalue weighted by molar-refractivity contribution is -0.127. The van der Waals surface area contributed by atoms with E-state index in [0.717, 1.165) is 6.42 Å². The second-order valence-corrected chi connectivity index (χ2v) is 6.12. The van der Waals surface area contributed by atoms with Crippen LogP contribution in [-0.2, 0) is 4.79 Å². The second-order valence-electron chi connectivity index (χ2n) is 5.25. The van der Waals surface area contributed by atoms with Crippen LogP contribution in [0.2, 0.25) is 0 Å². The standard InChI is InChI=1S/C14H16N4O3S/c1-2-3-17-8-9(6-12(17)20)15-13(21)10-7-11(19)16-14-18(10)4-5-22-14/h4-5,7,9H,2-3,6,8H2,1H3,(H,15,21)/t9-/m1/s1. The SMILES string of the molecule is CCCN1C[C@H](NC(=O)c2cc(=O)nc3sccn23)CC1=O. The highest BCUT2D eigenvalue weighted by molar-refractivity contribution is 7.15. The number of hydrogen-bond acceptors (Lipinski definition) is 5. The number of amides is 2. The van der Waals surface area contributed by atoms with E-state index in [4.69, 9.17) is 0 Å². The summed E-state index contributed by atoms with van der Waals surface area (Å²) >= 11 is 1.29. The summed E-state index contributed by atoms with van der Waals surface area (Å²) in [6.07, 6.45) is 2.89. The molecule has 2 aromatic rings. The van der Waals surface area contributed by atoms with Gasteiger partial charge in [0.05, 0.1) is 6.04 Å². The second kappa shape index (κ2) is 5.88. The van der Waals surface area contributed by atoms with E-state index in [1.807, 2.05) is 6.92 Å². The molecule has 1 aliphatic heterocycles. The Morgan fingerprint density at radius 1 is 1.50 bits per heavy atom. The van der Waals surface area contributed by atoms with Gasteiger partial charge < -0.3 is 10.2 Å². The smallest absolute Gasteiger partial charge is 0.274 e. The van der Waals surface area contributed by atoms with Crippen LogP contribution in [0.1, 0.15) is 30.3 Å². The third-order valence-electron chi connectivity index (χ3n) is 3.59. The lowest BCUT2D eigenvalue weighted by Gasteiger charge is -2.16. The van der Waals surface area contributed by atoms with Crippen LogP contribution in [0.15, 0.2) is 22.4 Å². The first-order valence-electron chi connectivity index (χ1n) is 7.14. The van der Waals surface area contributed by atoms with Crippen molar-refractivity contribution < 1.29 is 9.59 Å². The molecule has 7 nitrogen and oxygen atoms in total. The first-order valence-corrected chi connectivity index (χ1v) is 8.02. The van der Waals surface area contributed by atoms with Gasteiger partial charge in [-0.25, -0.2) is 0 Å². The van der Waals surface area contributed by atoms with Crippen LogP contribution in [0.4, 0.5) is 0 Å². The van der Waals surface area contributed by atoms with Crippen LogP contribution in [0, 0.1) is 0 Å². The number of carbonyl (C=O) groups is 2. The van der Waals surface area contributed by atoms with Gasteiger partial charge in [0.15, 0.2) is 4.96 Å². The number of fused-ring (bicyclic) bond motifs is 1. The number of rotatable bonds is 4. The molecule has 0 aromatic carbocycles. The van der Waals surface area contributed by atoms with E-state index in [9.17, 15) is 14.4 Å². The van der Waals surface area contributed by atoms with Crippen molar-refractivity contribution in [1.82, 2.24) is 19.6 Å². The van der Waals surface area contributed by atoms with Gasteiger partial charge in [0.25, 0.3) is 11.5 Å². The maximum Gasteiger partial charge on any atom is 0.274 e. The summed E-state index contributed by atoms with van der Waals surface area (Å²) in [5.74, 6) is -0.302. The van der Waals surface area contributed by atoms with Crippen molar-refractivity contribution in [3.05, 3.63) is 33.7 Å². The van der Waals surface area contributed by atoms with Crippen molar-refractivity contribution in [2.75, 3.05) is 13.1 Å². The van der Waals surface area contributed by atoms with Crippen LogP contribution in [0.25, 0.3) is 4.96 Å². The van der Waals surface area contributed by atoms with Crippen LogP contribution < -0.4 is 10.9 Å². The van der Waals surface area contributed by atoms with Crippen molar-refractivity contribution in [2.45, 2.75) is 25.8 Å². The molecule has 116 valence electrons. The Balaban J connectivity index is 1.78. The molecule has 0 unspecified atom stereocenters. The van der Waals surface area contributed by atoms with Gasteiger partial charge in [-0.1, -0.05) is 6.92 Å². The lowest BCUT2D eigenvalue weighted by atomic mass is 10.2. The topological polar surface area (TPSA) is 83.8 Å². The van der Waals surface area contributed by atoms with E-state index < -0.39 is 5.56 Å². The summed E-state index contributed by atoms with van der Waals surface area (Å²) in [4.78, 5) is 41.9. The van der Waals surface area contributed by atoms with Gasteiger partial charge >= 0.3 is 0 Å². The fraction of sp³-hybridized carbons (Fsp3) is 0.429. The number of nitrogens with one attached hydrogen (secondary N) is 1. The number of hydrogen-bond donors (Lipinski definition) is 1. The Kier molecular flexibility index (Phi) is 3.93. The van der Waals surface area contributed by atoms with Gasteiger partial charge in [-0.3, -0.25) is 18.8 Å². The zero-order valence-corrected chi connectivity index (χ0v) is 12.9. The van der Waals surface area contributed by atoms with E-state index in [1.165, 1.54) is 17.4 Å². The number of aromatic nitrogens is 2. The Hall–Kier alpha value is -2.22. The number of carbonyl (C=O) groups excluding carboxylic acids is 2. The third-order valence-corrected chi connectivity index (χ3v) is 4.35. The highest BCUT2D eigenvalue weighted by Gasteiger charge is 2.30. The average Bonchev–Trinajstić information content (AvgIpc) is 3.05. The van der Waals surface area contributed by atoms with E-state index in [2.05, 4.69) is 10.3 Å². The van der Waals surface area contributed by atoms with Gasteiger partial charge in [0, 0.05) is 37.2 Å². The molecule has 1 N–H and O–H groups in total. The van der Waals surface area contributed by atoms with Crippen LogP contribution in [0.5, 0.6) is 0 Å². The molecule has 3 rings (SSSR count). The summed E-state index contributed by atoms with van der Waals surface area (Å²) in [5.41, 5.74) is -0.194. The van der Waals surface area contributed by atoms with Gasteiger partial charge in [0.1, 0.15) is 5.69 Å². The molecule has 2 aromatic heterocycles. The van der Waals surface area contributed by atoms with Gasteiger partial charge in [-0.05, 0) is 6.42 Å². The normalized spacial score (nSPS) is 18.1. The molecule has 2 amide bonds. The quantitative estimate of drug-likeness (QED) is 0.889. The minimum atomic E-state index is -0.442. The van der Waals surface area contributed by atoms with E-state index >= 15 is 0 Å². The van der Waals surface area contributed by atoms with E-state index in [0.29, 0.717) is 24.5 Å². The van der Waals surface area contributed by atoms with Crippen molar-refractivity contribution in [2.24, 2.45) is 0 Å². The Bertz CT molecular complexity index is 782. The molecule has 22 heavy (non-hydrogen) atoms. The molecule has 0 radical (unpaired) electrons. The van der Waals surface area contributed by atoms with Crippen molar-refractivity contribution >= 4 is 28.1 Å². The zero-order valence-electron chi connectivity index (χ0n) is 12.1. The van der Waals surface area contributed by atoms with Gasteiger partial charge in [-0.2, -0.15) is 4.98 Å². The van der Waals surface area contributed by atoms with Crippen molar-refractivity contribution in [3.8, 4) is 0 Å². The predicted octanol–water partition coefficient (Wildman–Crippen LogP) is 0.497. The van der Waals surface area contributed by atoms with Gasteiger partial charge in [0.2, 0.25) is 5.91 Å². The van der Waals surface area contributed by atoms with Crippen LogP contribution in [-0.4, -0.2) is 45.2 Å². The summed E-state index contributed by atoms with van der Waals surface area (Å²) < 4.78 is 1.59. The monoisotopic (exact) mass is 320 g/mol. The molecular weight excluding hydrogens is 304 g/mol. The summed E-state index contributed by atoms with van der Waals surface area (Å²) in [7, 11) is 0. The first-order chi connectivity index (χ1) is 10.6. The predicted molar refractivity (Wildman–Crippen MR) is 82.1 cm³/mol. The molecule has 8 heteroatoms. The van der Waals surface area contributed by atoms with Crippen LogP contribution in [0.3, 0.4) is 0 Å². The molecular formula is C14H16N4O3S. The number of nitrogens with zero attached hydrogens (tertiary/aromatic N) is 3. The Morgan fingerprint density at radius 3 is 3.09 bits per heavy atom. The molecule has 1 saturated heterocycles. The molecule has 1 atom stereocenters. The minimum Gasteiger partial charge on any atom is -0.346 e. The lowest BCUT2D eigenvalue weighted by Crippen LogP contribution is -2.38. The molecule has 1 aliphatic rings. The molecule has 3 heterocycles. The highest BCUT2D eigenvalue weighted by atomic mass is 32.1. The van der Waals surface area contributed by atoms with E-state index in [-0.39, 0.29) is 23.6 Å². The maximum absolute atomic E-state index is 12.4. The summed E-state index contributed by atoms with van der Waals surface area (Å²) in [5, 5.41) is 4.60. The largest absolute Gasteiger partial charge is 0.346 e. The number of thiazole rings is 1. The van der Waals surface area contributed by atoms with Crippen LogP contribution >= 0.6 is 11.3 Å². The highest BCUT2D eigenvalue weighted by Crippen LogP contribution is 2.13. The average molecular weight is 320 g/mol. The summed E-state index contributed by atoms with van der Waals surface area (Å²) in [6, 6.07) is 0.999. The fourth-order valence-corrected chi connectivity index (χ4v) is 3.36. The Labute approximate surface area is 130 Å². The third kappa shape index (κ3) is 2.74. The molecule has 0 spiro atoms. The van der Waals surface area contributed by atoms with Crippen molar-refractivity contribution in [3.63, 3.8) is 0 Å². The van der Waals surface area contributed by atoms with Gasteiger partial charge in [-0.15, -0.1) is 11.3 Å². The minimum absolute atomic E-state index is 0.0553. The first kappa shape index (κ1) is 14.7.